The Kier molecular flexibility index (Phi) is 1.60. The van der Waals surface area contributed by atoms with Crippen molar-refractivity contribution in [1.82, 2.24) is 4.90 Å². The number of nitrogens with zero attached hydrogens (tertiary/aromatic N) is 1. The molecule has 2 aliphatic rings. The number of hydrogen-bond acceptors (Lipinski definition) is 2. The van der Waals surface area contributed by atoms with Crippen molar-refractivity contribution in [3.8, 4) is 0 Å². The molecule has 1 aliphatic heterocycles. The fourth-order valence-electron chi connectivity index (χ4n) is 2.68. The maximum Gasteiger partial charge on any atom is 0.0902 e. The third kappa shape index (κ3) is 1.12. The highest BCUT2D eigenvalue weighted by atomic mass is 16.3. The van der Waals surface area contributed by atoms with Crippen LogP contribution < -0.4 is 0 Å². The number of piperidine rings is 1. The summed E-state index contributed by atoms with van der Waals surface area (Å²) >= 11 is 0. The molecule has 1 N–H and O–H groups in total. The van der Waals surface area contributed by atoms with Gasteiger partial charge in [0.05, 0.1) is 6.10 Å². The fraction of sp³-hybridized carbons (Fsp3) is 0.818. The first-order valence-electron chi connectivity index (χ1n) is 5.00. The Balaban J connectivity index is 2.05. The standard InChI is InChI=1S/C11H19NO/c1-8(9(2)13)12-6-10(3)5-11(10,4)7-12/h9,13H,1,5-7H2,2-4H3/t9-,10-,11+/m0/s1. The predicted octanol–water partition coefficient (Wildman–Crippen LogP) is 1.61. The van der Waals surface area contributed by atoms with Gasteiger partial charge in [-0.3, -0.25) is 0 Å². The highest BCUT2D eigenvalue weighted by Crippen LogP contribution is 2.68. The summed E-state index contributed by atoms with van der Waals surface area (Å²) in [6.45, 7) is 12.5. The van der Waals surface area contributed by atoms with Crippen LogP contribution in [0, 0.1) is 10.8 Å². The number of aliphatic hydroxyl groups excluding tert-OH is 1. The molecular weight excluding hydrogens is 162 g/mol. The van der Waals surface area contributed by atoms with Crippen molar-refractivity contribution < 1.29 is 5.11 Å². The zero-order chi connectivity index (χ0) is 9.85. The van der Waals surface area contributed by atoms with Gasteiger partial charge >= 0.3 is 0 Å². The number of rotatable bonds is 2. The molecule has 0 amide bonds. The third-order valence-electron chi connectivity index (χ3n) is 4.08. The van der Waals surface area contributed by atoms with Crippen molar-refractivity contribution in [1.29, 1.82) is 0 Å². The van der Waals surface area contributed by atoms with E-state index >= 15 is 0 Å². The topological polar surface area (TPSA) is 23.5 Å². The van der Waals surface area contributed by atoms with Crippen molar-refractivity contribution in [3.05, 3.63) is 12.3 Å². The van der Waals surface area contributed by atoms with Gasteiger partial charge in [-0.2, -0.15) is 0 Å². The third-order valence-corrected chi connectivity index (χ3v) is 4.08. The zero-order valence-corrected chi connectivity index (χ0v) is 8.80. The second-order valence-electron chi connectivity index (χ2n) is 5.32. The summed E-state index contributed by atoms with van der Waals surface area (Å²) in [5.74, 6) is 0. The first-order valence-corrected chi connectivity index (χ1v) is 5.00. The van der Waals surface area contributed by atoms with Crippen LogP contribution in [0.25, 0.3) is 0 Å². The normalized spacial score (nSPS) is 44.5. The van der Waals surface area contributed by atoms with Crippen LogP contribution in [0.5, 0.6) is 0 Å². The first-order chi connectivity index (χ1) is 5.88. The van der Waals surface area contributed by atoms with Gasteiger partial charge in [0.2, 0.25) is 0 Å². The Hall–Kier alpha value is -0.500. The van der Waals surface area contributed by atoms with E-state index in [-0.39, 0.29) is 0 Å². The lowest BCUT2D eigenvalue weighted by atomic mass is 10.0. The fourth-order valence-corrected chi connectivity index (χ4v) is 2.68. The molecule has 1 saturated heterocycles. The van der Waals surface area contributed by atoms with Crippen LogP contribution in [0.3, 0.4) is 0 Å². The van der Waals surface area contributed by atoms with Gasteiger partial charge in [0.15, 0.2) is 0 Å². The minimum atomic E-state index is -0.398. The summed E-state index contributed by atoms with van der Waals surface area (Å²) < 4.78 is 0. The van der Waals surface area contributed by atoms with E-state index in [2.05, 4.69) is 25.3 Å². The molecule has 2 fully saturated rings. The quantitative estimate of drug-likeness (QED) is 0.699. The highest BCUT2D eigenvalue weighted by molar-refractivity contribution is 5.21. The molecule has 3 atom stereocenters. The average molecular weight is 181 g/mol. The molecule has 0 aromatic rings. The van der Waals surface area contributed by atoms with Crippen LogP contribution in [0.15, 0.2) is 12.3 Å². The van der Waals surface area contributed by atoms with Gasteiger partial charge < -0.3 is 10.0 Å². The molecule has 2 heteroatoms. The predicted molar refractivity (Wildman–Crippen MR) is 53.2 cm³/mol. The van der Waals surface area contributed by atoms with Gasteiger partial charge in [-0.05, 0) is 24.2 Å². The molecular formula is C11H19NO. The van der Waals surface area contributed by atoms with E-state index < -0.39 is 6.10 Å². The molecule has 1 aliphatic carbocycles. The Morgan fingerprint density at radius 2 is 1.85 bits per heavy atom. The summed E-state index contributed by atoms with van der Waals surface area (Å²) in [7, 11) is 0. The van der Waals surface area contributed by atoms with E-state index in [0.717, 1.165) is 18.8 Å². The maximum absolute atomic E-state index is 9.41. The van der Waals surface area contributed by atoms with E-state index in [4.69, 9.17) is 0 Å². The van der Waals surface area contributed by atoms with Crippen molar-refractivity contribution >= 4 is 0 Å². The number of likely N-dealkylation sites (tertiary alicyclic amines) is 1. The Labute approximate surface area is 80.2 Å². The van der Waals surface area contributed by atoms with Gasteiger partial charge in [-0.1, -0.05) is 20.4 Å². The first kappa shape index (κ1) is 9.07. The summed E-state index contributed by atoms with van der Waals surface area (Å²) in [5, 5.41) is 9.41. The van der Waals surface area contributed by atoms with Gasteiger partial charge in [0.25, 0.3) is 0 Å². The van der Waals surface area contributed by atoms with Gasteiger partial charge in [-0.15, -0.1) is 0 Å². The molecule has 1 heterocycles. The van der Waals surface area contributed by atoms with Crippen LogP contribution in [0.1, 0.15) is 27.2 Å². The largest absolute Gasteiger partial charge is 0.387 e. The minimum absolute atomic E-state index is 0.398. The molecule has 0 spiro atoms. The molecule has 2 rings (SSSR count). The van der Waals surface area contributed by atoms with E-state index in [1.54, 1.807) is 6.92 Å². The van der Waals surface area contributed by atoms with Crippen molar-refractivity contribution in [2.24, 2.45) is 10.8 Å². The molecule has 74 valence electrons. The minimum Gasteiger partial charge on any atom is -0.387 e. The molecule has 0 aromatic heterocycles. The average Bonchev–Trinajstić information content (AvgIpc) is 2.40. The summed E-state index contributed by atoms with van der Waals surface area (Å²) in [5.41, 5.74) is 1.87. The maximum atomic E-state index is 9.41. The Bertz CT molecular complexity index is 245. The monoisotopic (exact) mass is 181 g/mol. The Morgan fingerprint density at radius 1 is 1.38 bits per heavy atom. The summed E-state index contributed by atoms with van der Waals surface area (Å²) in [4.78, 5) is 2.24. The molecule has 1 saturated carbocycles. The van der Waals surface area contributed by atoms with Gasteiger partial charge in [-0.25, -0.2) is 0 Å². The smallest absolute Gasteiger partial charge is 0.0902 e. The lowest BCUT2D eigenvalue weighted by Crippen LogP contribution is -2.29. The van der Waals surface area contributed by atoms with Crippen molar-refractivity contribution in [2.45, 2.75) is 33.3 Å². The number of hydrogen-bond donors (Lipinski definition) is 1. The van der Waals surface area contributed by atoms with Crippen molar-refractivity contribution in [3.63, 3.8) is 0 Å². The van der Waals surface area contributed by atoms with Crippen LogP contribution in [0.4, 0.5) is 0 Å². The summed E-state index contributed by atoms with van der Waals surface area (Å²) in [6.07, 6.45) is 0.938. The van der Waals surface area contributed by atoms with E-state index in [1.165, 1.54) is 6.42 Å². The van der Waals surface area contributed by atoms with Gasteiger partial charge in [0.1, 0.15) is 0 Å². The van der Waals surface area contributed by atoms with Gasteiger partial charge in [0, 0.05) is 18.8 Å². The van der Waals surface area contributed by atoms with Crippen LogP contribution in [-0.4, -0.2) is 29.2 Å². The SMILES string of the molecule is C=C([C@H](C)O)N1C[C@@]2(C)C[C@@]2(C)C1. The van der Waals surface area contributed by atoms with E-state index in [0.29, 0.717) is 10.8 Å². The lowest BCUT2D eigenvalue weighted by molar-refractivity contribution is 0.179. The van der Waals surface area contributed by atoms with Crippen LogP contribution in [-0.2, 0) is 0 Å². The van der Waals surface area contributed by atoms with Crippen LogP contribution >= 0.6 is 0 Å². The van der Waals surface area contributed by atoms with E-state index in [9.17, 15) is 5.11 Å². The molecule has 0 radical (unpaired) electrons. The number of fused-ring (bicyclic) bond motifs is 1. The molecule has 0 aromatic carbocycles. The van der Waals surface area contributed by atoms with E-state index in [1.807, 2.05) is 0 Å². The molecule has 2 nitrogen and oxygen atoms in total. The second kappa shape index (κ2) is 2.30. The molecule has 0 unspecified atom stereocenters. The molecule has 0 bridgehead atoms. The van der Waals surface area contributed by atoms with Crippen molar-refractivity contribution in [2.75, 3.05) is 13.1 Å². The summed E-state index contributed by atoms with van der Waals surface area (Å²) in [6, 6.07) is 0. The van der Waals surface area contributed by atoms with Crippen LogP contribution in [0.2, 0.25) is 0 Å². The second-order valence-corrected chi connectivity index (χ2v) is 5.32. The zero-order valence-electron chi connectivity index (χ0n) is 8.80. The highest BCUT2D eigenvalue weighted by Gasteiger charge is 2.66. The molecule has 13 heavy (non-hydrogen) atoms. The Morgan fingerprint density at radius 3 is 2.23 bits per heavy atom. The number of aliphatic hydroxyl groups is 1. The lowest BCUT2D eigenvalue weighted by Gasteiger charge is -2.26.